The number of hydrogen-bond donors (Lipinski definition) is 0. The fourth-order valence-corrected chi connectivity index (χ4v) is 8.10. The molecule has 0 amide bonds. The van der Waals surface area contributed by atoms with Gasteiger partial charge in [-0.3, -0.25) is 0 Å². The average molecular weight is 625 g/mol. The summed E-state index contributed by atoms with van der Waals surface area (Å²) in [5.41, 5.74) is 11.3. The Hall–Kier alpha value is -6.58. The molecule has 11 aromatic rings. The molecular weight excluding hydrogens is 597 g/mol. The van der Waals surface area contributed by atoms with Crippen LogP contribution >= 0.6 is 0 Å². The molecule has 0 aliphatic carbocycles. The van der Waals surface area contributed by atoms with Crippen molar-refractivity contribution in [2.75, 3.05) is 0 Å². The molecule has 0 radical (unpaired) electrons. The van der Waals surface area contributed by atoms with E-state index in [0.717, 1.165) is 27.6 Å². The quantitative estimate of drug-likeness (QED) is 0.192. The fraction of sp³-hybridized carbons (Fsp3) is 0. The molecule has 0 atom stereocenters. The van der Waals surface area contributed by atoms with E-state index in [-0.39, 0.29) is 0 Å². The summed E-state index contributed by atoms with van der Waals surface area (Å²) < 4.78 is 11.1. The van der Waals surface area contributed by atoms with Crippen LogP contribution in [0.1, 0.15) is 0 Å². The molecule has 0 fully saturated rings. The van der Waals surface area contributed by atoms with Crippen LogP contribution < -0.4 is 0 Å². The molecular formula is C46H28N2O. The first-order valence-corrected chi connectivity index (χ1v) is 16.8. The lowest BCUT2D eigenvalue weighted by atomic mass is 9.99. The molecule has 49 heavy (non-hydrogen) atoms. The predicted octanol–water partition coefficient (Wildman–Crippen LogP) is 12.6. The molecule has 0 bridgehead atoms. The van der Waals surface area contributed by atoms with E-state index in [1.165, 1.54) is 71.2 Å². The van der Waals surface area contributed by atoms with Crippen molar-refractivity contribution in [3.63, 3.8) is 0 Å². The predicted molar refractivity (Wildman–Crippen MR) is 205 cm³/mol. The maximum atomic E-state index is 6.22. The largest absolute Gasteiger partial charge is 0.456 e. The van der Waals surface area contributed by atoms with Crippen molar-refractivity contribution in [2.24, 2.45) is 0 Å². The minimum Gasteiger partial charge on any atom is -0.456 e. The molecule has 8 aromatic carbocycles. The smallest absolute Gasteiger partial charge is 0.136 e. The highest BCUT2D eigenvalue weighted by Gasteiger charge is 2.19. The molecule has 11 rings (SSSR count). The van der Waals surface area contributed by atoms with Crippen LogP contribution in [0.4, 0.5) is 0 Å². The second-order valence-electron chi connectivity index (χ2n) is 13.0. The number of benzene rings is 8. The lowest BCUT2D eigenvalue weighted by Gasteiger charge is -2.11. The van der Waals surface area contributed by atoms with Gasteiger partial charge in [0.15, 0.2) is 0 Å². The number of hydrogen-bond acceptors (Lipinski definition) is 1. The summed E-state index contributed by atoms with van der Waals surface area (Å²) in [6.45, 7) is 0. The van der Waals surface area contributed by atoms with Gasteiger partial charge in [0, 0.05) is 43.7 Å². The number of fused-ring (bicyclic) bond motifs is 10. The van der Waals surface area contributed by atoms with Crippen molar-refractivity contribution in [1.82, 2.24) is 9.13 Å². The van der Waals surface area contributed by atoms with Crippen molar-refractivity contribution in [3.8, 4) is 22.5 Å². The van der Waals surface area contributed by atoms with E-state index in [2.05, 4.69) is 167 Å². The van der Waals surface area contributed by atoms with Crippen molar-refractivity contribution >= 4 is 76.3 Å². The zero-order valence-corrected chi connectivity index (χ0v) is 26.5. The van der Waals surface area contributed by atoms with Crippen LogP contribution in [0.15, 0.2) is 174 Å². The van der Waals surface area contributed by atoms with E-state index in [4.69, 9.17) is 4.42 Å². The summed E-state index contributed by atoms with van der Waals surface area (Å²) in [5.74, 6) is 0. The highest BCUT2D eigenvalue weighted by molar-refractivity contribution is 6.20. The van der Waals surface area contributed by atoms with Gasteiger partial charge >= 0.3 is 0 Å². The Balaban J connectivity index is 1.20. The molecule has 0 N–H and O–H groups in total. The second kappa shape index (κ2) is 9.96. The van der Waals surface area contributed by atoms with Gasteiger partial charge in [-0.25, -0.2) is 0 Å². The van der Waals surface area contributed by atoms with Crippen LogP contribution in [0.5, 0.6) is 0 Å². The fourth-order valence-electron chi connectivity index (χ4n) is 8.10. The Kier molecular flexibility index (Phi) is 5.38. The Morgan fingerprint density at radius 1 is 0.347 bits per heavy atom. The Morgan fingerprint density at radius 3 is 1.73 bits per heavy atom. The summed E-state index contributed by atoms with van der Waals surface area (Å²) in [7, 11) is 0. The zero-order chi connectivity index (χ0) is 32.1. The van der Waals surface area contributed by atoms with E-state index < -0.39 is 0 Å². The van der Waals surface area contributed by atoms with E-state index in [1.54, 1.807) is 0 Å². The number of nitrogens with zero attached hydrogens (tertiary/aromatic N) is 2. The van der Waals surface area contributed by atoms with Crippen molar-refractivity contribution in [1.29, 1.82) is 0 Å². The maximum absolute atomic E-state index is 6.22. The summed E-state index contributed by atoms with van der Waals surface area (Å²) in [6, 6.07) is 61.4. The molecule has 0 unspecified atom stereocenters. The highest BCUT2D eigenvalue weighted by atomic mass is 16.3. The maximum Gasteiger partial charge on any atom is 0.136 e. The minimum absolute atomic E-state index is 0.913. The number of rotatable bonds is 3. The molecule has 0 saturated heterocycles. The van der Waals surface area contributed by atoms with E-state index in [0.29, 0.717) is 0 Å². The van der Waals surface area contributed by atoms with Gasteiger partial charge in [0.1, 0.15) is 11.2 Å². The first-order valence-electron chi connectivity index (χ1n) is 16.8. The standard InChI is InChI=1S/C46H28N2O/c1-2-13-32(14-3-1)47-40-18-8-6-15-35(40)38-27-43-39(28-42(38)47)37-25-30-11-4-5-12-31(30)26-41(37)48(43)33-23-21-29(22-24-33)34-17-10-20-45-46(34)36-16-7-9-19-44(36)49-45/h1-28H. The molecule has 0 aliphatic rings. The lowest BCUT2D eigenvalue weighted by molar-refractivity contribution is 0.669. The molecule has 0 spiro atoms. The highest BCUT2D eigenvalue weighted by Crippen LogP contribution is 2.42. The van der Waals surface area contributed by atoms with Crippen LogP contribution in [0, 0.1) is 0 Å². The number of aromatic nitrogens is 2. The lowest BCUT2D eigenvalue weighted by Crippen LogP contribution is -1.95. The van der Waals surface area contributed by atoms with E-state index in [1.807, 2.05) is 12.1 Å². The molecule has 3 heteroatoms. The molecule has 3 nitrogen and oxygen atoms in total. The summed E-state index contributed by atoms with van der Waals surface area (Å²) in [6.07, 6.45) is 0. The van der Waals surface area contributed by atoms with Crippen molar-refractivity contribution in [3.05, 3.63) is 170 Å². The SMILES string of the molecule is c1ccc(-n2c3ccccc3c3cc4c(cc32)c2cc3ccccc3cc2n4-c2ccc(-c3cccc4oc5ccccc5c34)cc2)cc1. The van der Waals surface area contributed by atoms with Crippen molar-refractivity contribution < 1.29 is 4.42 Å². The minimum atomic E-state index is 0.913. The van der Waals surface area contributed by atoms with E-state index in [9.17, 15) is 0 Å². The van der Waals surface area contributed by atoms with Crippen LogP contribution in [0.2, 0.25) is 0 Å². The number of furan rings is 1. The van der Waals surface area contributed by atoms with Crippen LogP contribution in [-0.4, -0.2) is 9.13 Å². The van der Waals surface area contributed by atoms with Crippen molar-refractivity contribution in [2.45, 2.75) is 0 Å². The summed E-state index contributed by atoms with van der Waals surface area (Å²) in [4.78, 5) is 0. The van der Waals surface area contributed by atoms with Gasteiger partial charge in [-0.15, -0.1) is 0 Å². The van der Waals surface area contributed by atoms with Gasteiger partial charge in [0.2, 0.25) is 0 Å². The van der Waals surface area contributed by atoms with Crippen LogP contribution in [0.25, 0.3) is 98.8 Å². The molecule has 228 valence electrons. The first kappa shape index (κ1) is 26.5. The monoisotopic (exact) mass is 624 g/mol. The van der Waals surface area contributed by atoms with Crippen LogP contribution in [-0.2, 0) is 0 Å². The normalized spacial score (nSPS) is 12.1. The zero-order valence-electron chi connectivity index (χ0n) is 26.5. The van der Waals surface area contributed by atoms with Gasteiger partial charge in [-0.2, -0.15) is 0 Å². The third-order valence-electron chi connectivity index (χ3n) is 10.3. The third kappa shape index (κ3) is 3.78. The molecule has 3 heterocycles. The summed E-state index contributed by atoms with van der Waals surface area (Å²) in [5, 5.41) is 9.77. The van der Waals surface area contributed by atoms with Gasteiger partial charge in [-0.05, 0) is 88.6 Å². The summed E-state index contributed by atoms with van der Waals surface area (Å²) >= 11 is 0. The molecule has 0 aliphatic heterocycles. The first-order chi connectivity index (χ1) is 24.3. The third-order valence-corrected chi connectivity index (χ3v) is 10.3. The second-order valence-corrected chi connectivity index (χ2v) is 13.0. The Bertz CT molecular complexity index is 3090. The van der Waals surface area contributed by atoms with E-state index >= 15 is 0 Å². The molecule has 0 saturated carbocycles. The van der Waals surface area contributed by atoms with Gasteiger partial charge in [0.05, 0.1) is 22.1 Å². The Labute approximate surface area is 281 Å². The van der Waals surface area contributed by atoms with Crippen LogP contribution in [0.3, 0.4) is 0 Å². The van der Waals surface area contributed by atoms with Gasteiger partial charge < -0.3 is 13.6 Å². The van der Waals surface area contributed by atoms with Gasteiger partial charge in [0.25, 0.3) is 0 Å². The topological polar surface area (TPSA) is 23.0 Å². The number of para-hydroxylation sites is 3. The molecule has 3 aromatic heterocycles. The van der Waals surface area contributed by atoms with Gasteiger partial charge in [-0.1, -0.05) is 103 Å². The Morgan fingerprint density at radius 2 is 0.918 bits per heavy atom. The average Bonchev–Trinajstić information content (AvgIpc) is 3.80.